The summed E-state index contributed by atoms with van der Waals surface area (Å²) in [6.07, 6.45) is 2.66. The zero-order valence-electron chi connectivity index (χ0n) is 12.8. The normalized spacial score (nSPS) is 10.2. The Morgan fingerprint density at radius 1 is 1.19 bits per heavy atom. The fourth-order valence-electron chi connectivity index (χ4n) is 1.96. The molecular formula is C17H21N3O. The van der Waals surface area contributed by atoms with E-state index in [9.17, 15) is 4.79 Å². The second-order valence-electron chi connectivity index (χ2n) is 5.06. The highest BCUT2D eigenvalue weighted by molar-refractivity contribution is 6.05. The molecule has 0 spiro atoms. The van der Waals surface area contributed by atoms with Gasteiger partial charge in [0.2, 0.25) is 0 Å². The van der Waals surface area contributed by atoms with Crippen molar-refractivity contribution in [1.82, 2.24) is 4.98 Å². The van der Waals surface area contributed by atoms with Crippen molar-refractivity contribution in [3.8, 4) is 0 Å². The van der Waals surface area contributed by atoms with Gasteiger partial charge in [-0.2, -0.15) is 0 Å². The van der Waals surface area contributed by atoms with Crippen LogP contribution < -0.4 is 10.2 Å². The zero-order chi connectivity index (χ0) is 15.2. The first-order valence-electron chi connectivity index (χ1n) is 7.16. The molecule has 1 amide bonds. The van der Waals surface area contributed by atoms with Crippen LogP contribution in [0.3, 0.4) is 0 Å². The van der Waals surface area contributed by atoms with Crippen LogP contribution in [0.2, 0.25) is 0 Å². The van der Waals surface area contributed by atoms with Crippen molar-refractivity contribution in [1.29, 1.82) is 0 Å². The highest BCUT2D eigenvalue weighted by Crippen LogP contribution is 2.16. The van der Waals surface area contributed by atoms with Crippen LogP contribution in [0.5, 0.6) is 0 Å². The van der Waals surface area contributed by atoms with Crippen LogP contribution in [-0.4, -0.2) is 24.5 Å². The fourth-order valence-corrected chi connectivity index (χ4v) is 1.96. The maximum atomic E-state index is 12.4. The number of carbonyl (C=O) groups is 1. The molecule has 0 radical (unpaired) electrons. The first-order valence-corrected chi connectivity index (χ1v) is 7.16. The van der Waals surface area contributed by atoms with Gasteiger partial charge in [-0.15, -0.1) is 0 Å². The standard InChI is InChI=1S/C17H21N3O/c1-4-11-18-16-10-7-14(12-19-16)17(21)20(3)15-8-5-13(2)6-9-15/h5-10,12H,4,11H2,1-3H3,(H,18,19). The molecule has 110 valence electrons. The molecule has 0 saturated heterocycles. The van der Waals surface area contributed by atoms with Crippen molar-refractivity contribution in [2.75, 3.05) is 23.8 Å². The van der Waals surface area contributed by atoms with E-state index in [0.717, 1.165) is 24.5 Å². The van der Waals surface area contributed by atoms with Gasteiger partial charge in [0, 0.05) is 25.5 Å². The predicted molar refractivity (Wildman–Crippen MR) is 86.9 cm³/mol. The van der Waals surface area contributed by atoms with Crippen LogP contribution in [-0.2, 0) is 0 Å². The van der Waals surface area contributed by atoms with Crippen LogP contribution in [0, 0.1) is 6.92 Å². The van der Waals surface area contributed by atoms with Gasteiger partial charge in [0.15, 0.2) is 0 Å². The topological polar surface area (TPSA) is 45.2 Å². The van der Waals surface area contributed by atoms with E-state index >= 15 is 0 Å². The maximum absolute atomic E-state index is 12.4. The van der Waals surface area contributed by atoms with Crippen molar-refractivity contribution < 1.29 is 4.79 Å². The summed E-state index contributed by atoms with van der Waals surface area (Å²) in [5.41, 5.74) is 2.63. The van der Waals surface area contributed by atoms with E-state index < -0.39 is 0 Å². The lowest BCUT2D eigenvalue weighted by atomic mass is 10.2. The zero-order valence-corrected chi connectivity index (χ0v) is 12.8. The Labute approximate surface area is 125 Å². The number of amides is 1. The number of hydrogen-bond acceptors (Lipinski definition) is 3. The van der Waals surface area contributed by atoms with E-state index in [-0.39, 0.29) is 5.91 Å². The molecule has 2 rings (SSSR count). The van der Waals surface area contributed by atoms with Crippen LogP contribution >= 0.6 is 0 Å². The molecule has 0 saturated carbocycles. The molecule has 0 aliphatic rings. The number of anilines is 2. The molecule has 0 bridgehead atoms. The Kier molecular flexibility index (Phi) is 4.93. The first kappa shape index (κ1) is 15.0. The molecule has 1 aromatic carbocycles. The number of nitrogens with zero attached hydrogens (tertiary/aromatic N) is 2. The number of benzene rings is 1. The van der Waals surface area contributed by atoms with Gasteiger partial charge in [0.1, 0.15) is 5.82 Å². The lowest BCUT2D eigenvalue weighted by Gasteiger charge is -2.17. The van der Waals surface area contributed by atoms with Gasteiger partial charge in [0.25, 0.3) is 5.91 Å². The molecule has 2 aromatic rings. The van der Waals surface area contributed by atoms with E-state index in [2.05, 4.69) is 17.2 Å². The van der Waals surface area contributed by atoms with Crippen LogP contribution in [0.4, 0.5) is 11.5 Å². The van der Waals surface area contributed by atoms with Crippen molar-refractivity contribution in [3.63, 3.8) is 0 Å². The highest BCUT2D eigenvalue weighted by Gasteiger charge is 2.13. The molecule has 0 aliphatic carbocycles. The number of aryl methyl sites for hydroxylation is 1. The van der Waals surface area contributed by atoms with Gasteiger partial charge in [0.05, 0.1) is 5.56 Å². The van der Waals surface area contributed by atoms with Gasteiger partial charge in [-0.05, 0) is 37.6 Å². The van der Waals surface area contributed by atoms with E-state index in [1.54, 1.807) is 24.2 Å². The molecule has 1 N–H and O–H groups in total. The molecule has 1 aromatic heterocycles. The third-order valence-electron chi connectivity index (χ3n) is 3.29. The Balaban J connectivity index is 2.10. The summed E-state index contributed by atoms with van der Waals surface area (Å²) < 4.78 is 0. The Morgan fingerprint density at radius 2 is 1.90 bits per heavy atom. The minimum atomic E-state index is -0.0617. The maximum Gasteiger partial charge on any atom is 0.259 e. The summed E-state index contributed by atoms with van der Waals surface area (Å²) in [4.78, 5) is 18.3. The third kappa shape index (κ3) is 3.81. The lowest BCUT2D eigenvalue weighted by molar-refractivity contribution is 0.0992. The smallest absolute Gasteiger partial charge is 0.259 e. The molecule has 1 heterocycles. The van der Waals surface area contributed by atoms with E-state index in [0.29, 0.717) is 5.56 Å². The summed E-state index contributed by atoms with van der Waals surface area (Å²) in [6.45, 7) is 5.00. The largest absolute Gasteiger partial charge is 0.370 e. The van der Waals surface area contributed by atoms with Gasteiger partial charge in [-0.3, -0.25) is 4.79 Å². The second kappa shape index (κ2) is 6.88. The average Bonchev–Trinajstić information content (AvgIpc) is 2.53. The van der Waals surface area contributed by atoms with Crippen molar-refractivity contribution in [3.05, 3.63) is 53.7 Å². The molecule has 0 atom stereocenters. The van der Waals surface area contributed by atoms with Gasteiger partial charge in [-0.25, -0.2) is 4.98 Å². The first-order chi connectivity index (χ1) is 10.1. The lowest BCUT2D eigenvalue weighted by Crippen LogP contribution is -2.26. The third-order valence-corrected chi connectivity index (χ3v) is 3.29. The number of nitrogens with one attached hydrogen (secondary N) is 1. The van der Waals surface area contributed by atoms with E-state index in [4.69, 9.17) is 0 Å². The molecular weight excluding hydrogens is 262 g/mol. The minimum Gasteiger partial charge on any atom is -0.370 e. The van der Waals surface area contributed by atoms with Gasteiger partial charge < -0.3 is 10.2 Å². The van der Waals surface area contributed by atoms with E-state index in [1.807, 2.05) is 37.3 Å². The summed E-state index contributed by atoms with van der Waals surface area (Å²) in [5.74, 6) is 0.736. The number of pyridine rings is 1. The molecule has 0 aliphatic heterocycles. The average molecular weight is 283 g/mol. The quantitative estimate of drug-likeness (QED) is 0.913. The van der Waals surface area contributed by atoms with Gasteiger partial charge >= 0.3 is 0 Å². The summed E-state index contributed by atoms with van der Waals surface area (Å²) in [5, 5.41) is 3.19. The number of carbonyl (C=O) groups excluding carboxylic acids is 1. The molecule has 4 heteroatoms. The number of aromatic nitrogens is 1. The second-order valence-corrected chi connectivity index (χ2v) is 5.06. The summed E-state index contributed by atoms with van der Waals surface area (Å²) >= 11 is 0. The van der Waals surface area contributed by atoms with Crippen LogP contribution in [0.1, 0.15) is 29.3 Å². The Hall–Kier alpha value is -2.36. The van der Waals surface area contributed by atoms with E-state index in [1.165, 1.54) is 5.56 Å². The van der Waals surface area contributed by atoms with Crippen LogP contribution in [0.25, 0.3) is 0 Å². The Morgan fingerprint density at radius 3 is 2.48 bits per heavy atom. The molecule has 4 nitrogen and oxygen atoms in total. The predicted octanol–water partition coefficient (Wildman–Crippen LogP) is 3.49. The van der Waals surface area contributed by atoms with Gasteiger partial charge in [-0.1, -0.05) is 24.6 Å². The summed E-state index contributed by atoms with van der Waals surface area (Å²) in [7, 11) is 1.77. The monoisotopic (exact) mass is 283 g/mol. The molecule has 21 heavy (non-hydrogen) atoms. The van der Waals surface area contributed by atoms with Crippen molar-refractivity contribution in [2.45, 2.75) is 20.3 Å². The van der Waals surface area contributed by atoms with Crippen molar-refractivity contribution >= 4 is 17.4 Å². The highest BCUT2D eigenvalue weighted by atomic mass is 16.2. The fraction of sp³-hybridized carbons (Fsp3) is 0.294. The SMILES string of the molecule is CCCNc1ccc(C(=O)N(C)c2ccc(C)cc2)cn1. The van der Waals surface area contributed by atoms with Crippen molar-refractivity contribution in [2.24, 2.45) is 0 Å². The minimum absolute atomic E-state index is 0.0617. The number of rotatable bonds is 5. The Bertz CT molecular complexity index is 590. The van der Waals surface area contributed by atoms with Crippen LogP contribution in [0.15, 0.2) is 42.6 Å². The molecule has 0 fully saturated rings. The molecule has 0 unspecified atom stereocenters. The number of hydrogen-bond donors (Lipinski definition) is 1. The summed E-state index contributed by atoms with van der Waals surface area (Å²) in [6, 6.07) is 11.5.